The van der Waals surface area contributed by atoms with Crippen LogP contribution in [0.1, 0.15) is 37.3 Å². The van der Waals surface area contributed by atoms with Crippen LogP contribution in [0.25, 0.3) is 28.0 Å². The van der Waals surface area contributed by atoms with Gasteiger partial charge >= 0.3 is 0 Å². The van der Waals surface area contributed by atoms with Crippen molar-refractivity contribution in [2.24, 2.45) is 0 Å². The molecule has 2 bridgehead atoms. The minimum absolute atomic E-state index is 0.235. The van der Waals surface area contributed by atoms with Crippen molar-refractivity contribution in [1.29, 1.82) is 0 Å². The minimum Gasteiger partial charge on any atom is -0.508 e. The van der Waals surface area contributed by atoms with Crippen molar-refractivity contribution in [3.05, 3.63) is 66.7 Å². The fraction of sp³-hybridized carbons (Fsp3) is 0.292. The Hall–Kier alpha value is -3.25. The third kappa shape index (κ3) is 2.87. The highest BCUT2D eigenvalue weighted by atomic mass is 16.3. The Morgan fingerprint density at radius 3 is 2.50 bits per heavy atom. The van der Waals surface area contributed by atoms with Crippen molar-refractivity contribution in [3.8, 4) is 28.1 Å². The normalized spacial score (nSPS) is 23.1. The van der Waals surface area contributed by atoms with E-state index in [1.807, 2.05) is 35.0 Å². The number of rotatable bonds is 3. The molecule has 30 heavy (non-hydrogen) atoms. The minimum atomic E-state index is 0.235. The van der Waals surface area contributed by atoms with Crippen LogP contribution in [0.15, 0.2) is 61.1 Å². The Morgan fingerprint density at radius 1 is 0.933 bits per heavy atom. The molecule has 0 radical (unpaired) electrons. The Bertz CT molecular complexity index is 1210. The lowest BCUT2D eigenvalue weighted by atomic mass is 9.89. The lowest BCUT2D eigenvalue weighted by Crippen LogP contribution is -2.37. The number of nitrogens with one attached hydrogen (secondary N) is 1. The molecule has 1 aromatic carbocycles. The molecule has 150 valence electrons. The van der Waals surface area contributed by atoms with E-state index in [1.54, 1.807) is 24.5 Å². The van der Waals surface area contributed by atoms with Gasteiger partial charge in [-0.2, -0.15) is 5.10 Å². The highest BCUT2D eigenvalue weighted by Gasteiger charge is 2.35. The van der Waals surface area contributed by atoms with Gasteiger partial charge in [-0.25, -0.2) is 9.50 Å². The van der Waals surface area contributed by atoms with E-state index in [-0.39, 0.29) is 5.75 Å². The second-order valence-electron chi connectivity index (χ2n) is 8.42. The van der Waals surface area contributed by atoms with E-state index in [0.717, 1.165) is 40.9 Å². The second kappa shape index (κ2) is 6.92. The zero-order valence-corrected chi connectivity index (χ0v) is 16.6. The van der Waals surface area contributed by atoms with E-state index in [4.69, 9.17) is 10.1 Å². The van der Waals surface area contributed by atoms with E-state index in [2.05, 4.69) is 16.4 Å². The van der Waals surface area contributed by atoms with Gasteiger partial charge in [0.05, 0.1) is 5.56 Å². The number of phenolic OH excluding ortho intramolecular Hbond substituents is 1. The standard InChI is InChI=1S/C24H23N5O/c30-20-3-1-2-16(14-20)22-23(15-6-9-25-10-7-15)28-29-21(8-11-26-24(22)29)17-12-18-4-5-19(13-17)27-18/h1-3,6-11,14,17-19,27,30H,4-5,12-13H2. The third-order valence-corrected chi connectivity index (χ3v) is 6.53. The highest BCUT2D eigenvalue weighted by Crippen LogP contribution is 2.40. The van der Waals surface area contributed by atoms with Gasteiger partial charge < -0.3 is 10.4 Å². The molecule has 0 amide bonds. The molecule has 2 N–H and O–H groups in total. The number of hydrogen-bond donors (Lipinski definition) is 2. The van der Waals surface area contributed by atoms with E-state index in [0.29, 0.717) is 18.0 Å². The summed E-state index contributed by atoms with van der Waals surface area (Å²) < 4.78 is 2.03. The first-order chi connectivity index (χ1) is 14.8. The molecule has 4 aromatic rings. The number of aromatic hydroxyl groups is 1. The zero-order valence-electron chi connectivity index (χ0n) is 16.6. The molecule has 2 unspecified atom stereocenters. The van der Waals surface area contributed by atoms with Gasteiger partial charge in [-0.1, -0.05) is 12.1 Å². The number of phenols is 1. The van der Waals surface area contributed by atoms with Crippen LogP contribution in [0.2, 0.25) is 0 Å². The van der Waals surface area contributed by atoms with Gasteiger partial charge in [0.15, 0.2) is 5.65 Å². The third-order valence-electron chi connectivity index (χ3n) is 6.53. The van der Waals surface area contributed by atoms with Crippen molar-refractivity contribution >= 4 is 5.65 Å². The topological polar surface area (TPSA) is 75.3 Å². The smallest absolute Gasteiger partial charge is 0.163 e. The van der Waals surface area contributed by atoms with Crippen LogP contribution in [0.5, 0.6) is 5.75 Å². The maximum Gasteiger partial charge on any atom is 0.163 e. The molecule has 2 atom stereocenters. The Labute approximate surface area is 174 Å². The Morgan fingerprint density at radius 2 is 1.73 bits per heavy atom. The molecule has 0 aliphatic carbocycles. The molecule has 0 spiro atoms. The molecular weight excluding hydrogens is 374 g/mol. The zero-order chi connectivity index (χ0) is 20.1. The van der Waals surface area contributed by atoms with Gasteiger partial charge in [0, 0.05) is 47.8 Å². The maximum atomic E-state index is 10.1. The fourth-order valence-corrected chi connectivity index (χ4v) is 5.21. The first-order valence-electron chi connectivity index (χ1n) is 10.6. The van der Waals surface area contributed by atoms with Gasteiger partial charge in [0.25, 0.3) is 0 Å². The molecule has 6 heteroatoms. The average molecular weight is 397 g/mol. The summed E-state index contributed by atoms with van der Waals surface area (Å²) in [6, 6.07) is 14.6. The molecule has 2 saturated heterocycles. The summed E-state index contributed by atoms with van der Waals surface area (Å²) >= 11 is 0. The van der Waals surface area contributed by atoms with E-state index >= 15 is 0 Å². The predicted octanol–water partition coefficient (Wildman–Crippen LogP) is 4.16. The summed E-state index contributed by atoms with van der Waals surface area (Å²) in [6.45, 7) is 0. The van der Waals surface area contributed by atoms with Gasteiger partial charge in [-0.15, -0.1) is 0 Å². The van der Waals surface area contributed by atoms with Crippen molar-refractivity contribution in [2.45, 2.75) is 43.7 Å². The summed E-state index contributed by atoms with van der Waals surface area (Å²) in [5.74, 6) is 0.704. The molecule has 2 fully saturated rings. The molecule has 5 heterocycles. The van der Waals surface area contributed by atoms with Crippen LogP contribution >= 0.6 is 0 Å². The van der Waals surface area contributed by atoms with Crippen molar-refractivity contribution < 1.29 is 5.11 Å². The van der Waals surface area contributed by atoms with Crippen LogP contribution in [-0.4, -0.2) is 36.8 Å². The van der Waals surface area contributed by atoms with Crippen LogP contribution in [0.4, 0.5) is 0 Å². The highest BCUT2D eigenvalue weighted by molar-refractivity contribution is 5.90. The van der Waals surface area contributed by atoms with Gasteiger partial charge in [-0.05, 0) is 61.6 Å². The lowest BCUT2D eigenvalue weighted by molar-refractivity contribution is 0.355. The van der Waals surface area contributed by atoms with E-state index in [9.17, 15) is 5.11 Å². The van der Waals surface area contributed by atoms with Gasteiger partial charge in [0.2, 0.25) is 0 Å². The molecule has 0 saturated carbocycles. The molecule has 2 aliphatic heterocycles. The molecular formula is C24H23N5O. The number of piperidine rings is 1. The SMILES string of the molecule is Oc1cccc(-c2c(-c3ccncc3)nn3c(C4CC5CCC(C4)N5)ccnc23)c1. The maximum absolute atomic E-state index is 10.1. The second-order valence-corrected chi connectivity index (χ2v) is 8.42. The summed E-state index contributed by atoms with van der Waals surface area (Å²) in [4.78, 5) is 8.89. The van der Waals surface area contributed by atoms with Crippen molar-refractivity contribution in [1.82, 2.24) is 24.9 Å². The summed E-state index contributed by atoms with van der Waals surface area (Å²) in [5, 5.41) is 18.9. The van der Waals surface area contributed by atoms with Crippen molar-refractivity contribution in [2.75, 3.05) is 0 Å². The van der Waals surface area contributed by atoms with Gasteiger partial charge in [0.1, 0.15) is 11.4 Å². The lowest BCUT2D eigenvalue weighted by Gasteiger charge is -2.29. The quantitative estimate of drug-likeness (QED) is 0.543. The van der Waals surface area contributed by atoms with Crippen LogP contribution in [0, 0.1) is 0 Å². The number of hydrogen-bond acceptors (Lipinski definition) is 5. The predicted molar refractivity (Wildman–Crippen MR) is 115 cm³/mol. The van der Waals surface area contributed by atoms with E-state index < -0.39 is 0 Å². The summed E-state index contributed by atoms with van der Waals surface area (Å²) in [7, 11) is 0. The molecule has 2 aliphatic rings. The average Bonchev–Trinajstić information content (AvgIpc) is 3.33. The Kier molecular flexibility index (Phi) is 4.06. The molecule has 6 nitrogen and oxygen atoms in total. The van der Waals surface area contributed by atoms with E-state index in [1.165, 1.54) is 18.5 Å². The first kappa shape index (κ1) is 17.6. The van der Waals surface area contributed by atoms with Crippen LogP contribution < -0.4 is 5.32 Å². The number of aromatic nitrogens is 4. The summed E-state index contributed by atoms with van der Waals surface area (Å²) in [5.41, 5.74) is 5.75. The molecule has 6 rings (SSSR count). The van der Waals surface area contributed by atoms with Crippen LogP contribution in [-0.2, 0) is 0 Å². The monoisotopic (exact) mass is 397 g/mol. The fourth-order valence-electron chi connectivity index (χ4n) is 5.21. The first-order valence-corrected chi connectivity index (χ1v) is 10.6. The summed E-state index contributed by atoms with van der Waals surface area (Å²) in [6.07, 6.45) is 10.3. The number of pyridine rings is 1. The van der Waals surface area contributed by atoms with Gasteiger partial charge in [-0.3, -0.25) is 4.98 Å². The molecule has 3 aromatic heterocycles. The Balaban J connectivity index is 1.58. The number of fused-ring (bicyclic) bond motifs is 3. The largest absolute Gasteiger partial charge is 0.508 e. The number of nitrogens with zero attached hydrogens (tertiary/aromatic N) is 4. The van der Waals surface area contributed by atoms with Crippen molar-refractivity contribution in [3.63, 3.8) is 0 Å². The van der Waals surface area contributed by atoms with Crippen LogP contribution in [0.3, 0.4) is 0 Å². The number of benzene rings is 1.